The van der Waals surface area contributed by atoms with E-state index in [-0.39, 0.29) is 11.2 Å². The average molecular weight is 265 g/mol. The molecule has 1 saturated carbocycles. The molecule has 17 heavy (non-hydrogen) atoms. The number of rotatable bonds is 7. The second-order valence-corrected chi connectivity index (χ2v) is 6.53. The van der Waals surface area contributed by atoms with Crippen LogP contribution in [0.25, 0.3) is 0 Å². The van der Waals surface area contributed by atoms with E-state index >= 15 is 0 Å². The van der Waals surface area contributed by atoms with Crippen molar-refractivity contribution in [1.82, 2.24) is 0 Å². The average Bonchev–Trinajstić information content (AvgIpc) is 2.23. The van der Waals surface area contributed by atoms with Crippen molar-refractivity contribution in [2.24, 2.45) is 10.6 Å². The Hall–Kier alpha value is -0.170. The second kappa shape index (κ2) is 6.68. The van der Waals surface area contributed by atoms with E-state index in [2.05, 4.69) is 0 Å². The van der Waals surface area contributed by atoms with Gasteiger partial charge in [-0.1, -0.05) is 19.3 Å². The molecule has 0 bridgehead atoms. The summed E-state index contributed by atoms with van der Waals surface area (Å²) in [5.74, 6) is 0.0347. The van der Waals surface area contributed by atoms with Crippen molar-refractivity contribution in [3.63, 3.8) is 0 Å². The lowest BCUT2D eigenvalue weighted by molar-refractivity contribution is 0.00850. The molecule has 0 unspecified atom stereocenters. The first-order valence-electron chi connectivity index (χ1n) is 6.05. The zero-order valence-corrected chi connectivity index (χ0v) is 11.3. The highest BCUT2D eigenvalue weighted by Gasteiger charge is 2.35. The van der Waals surface area contributed by atoms with Crippen molar-refractivity contribution in [1.29, 1.82) is 0 Å². The largest absolute Gasteiger partial charge is 0.382 e. The fourth-order valence-corrected chi connectivity index (χ4v) is 3.72. The number of primary sulfonamides is 1. The summed E-state index contributed by atoms with van der Waals surface area (Å²) < 4.78 is 33.0. The van der Waals surface area contributed by atoms with Crippen molar-refractivity contribution in [3.05, 3.63) is 0 Å². The zero-order chi connectivity index (χ0) is 12.8. The van der Waals surface area contributed by atoms with Crippen molar-refractivity contribution in [2.75, 3.05) is 32.7 Å². The van der Waals surface area contributed by atoms with Crippen LogP contribution in [0, 0.1) is 5.41 Å². The molecule has 1 rings (SSSR count). The first-order valence-corrected chi connectivity index (χ1v) is 7.76. The molecule has 1 fully saturated rings. The maximum atomic E-state index is 11.3. The van der Waals surface area contributed by atoms with Crippen LogP contribution in [0.3, 0.4) is 0 Å². The van der Waals surface area contributed by atoms with Crippen LogP contribution in [0.2, 0.25) is 0 Å². The van der Waals surface area contributed by atoms with Gasteiger partial charge in [-0.05, 0) is 12.8 Å². The van der Waals surface area contributed by atoms with Crippen LogP contribution >= 0.6 is 0 Å². The first-order chi connectivity index (χ1) is 7.97. The van der Waals surface area contributed by atoms with E-state index in [0.29, 0.717) is 19.8 Å². The Morgan fingerprint density at radius 3 is 2.35 bits per heavy atom. The highest BCUT2D eigenvalue weighted by atomic mass is 32.2. The topological polar surface area (TPSA) is 78.6 Å². The number of nitrogens with two attached hydrogens (primary N) is 1. The number of sulfonamides is 1. The maximum Gasteiger partial charge on any atom is 0.209 e. The fraction of sp³-hybridized carbons (Fsp3) is 1.00. The molecule has 0 radical (unpaired) electrons. The zero-order valence-electron chi connectivity index (χ0n) is 10.5. The van der Waals surface area contributed by atoms with E-state index in [1.165, 1.54) is 6.42 Å². The standard InChI is InChI=1S/C11H23NO4S/c1-15-7-8-16-9-11(10-17(12,13)14)5-3-2-4-6-11/h2-10H2,1H3,(H2,12,13,14). The molecule has 0 aromatic rings. The molecule has 0 amide bonds. The summed E-state index contributed by atoms with van der Waals surface area (Å²) in [7, 11) is -1.82. The predicted octanol–water partition coefficient (Wildman–Crippen LogP) is 0.888. The molecule has 0 saturated heterocycles. The van der Waals surface area contributed by atoms with Crippen LogP contribution in [-0.4, -0.2) is 41.1 Å². The van der Waals surface area contributed by atoms with Crippen molar-refractivity contribution in [3.8, 4) is 0 Å². The number of hydrogen-bond donors (Lipinski definition) is 1. The molecule has 102 valence electrons. The van der Waals surface area contributed by atoms with Crippen LogP contribution in [0.1, 0.15) is 32.1 Å². The molecule has 0 spiro atoms. The van der Waals surface area contributed by atoms with Gasteiger partial charge in [0.25, 0.3) is 0 Å². The molecule has 6 heteroatoms. The van der Waals surface area contributed by atoms with Crippen molar-refractivity contribution >= 4 is 10.0 Å². The molecular formula is C11H23NO4S. The van der Waals surface area contributed by atoms with Gasteiger partial charge in [-0.3, -0.25) is 0 Å². The molecule has 0 aromatic carbocycles. The second-order valence-electron chi connectivity index (χ2n) is 4.91. The molecule has 0 aliphatic heterocycles. The summed E-state index contributed by atoms with van der Waals surface area (Å²) in [6.07, 6.45) is 5.06. The minimum absolute atomic E-state index is 0.0347. The minimum atomic E-state index is -3.44. The molecule has 2 N–H and O–H groups in total. The van der Waals surface area contributed by atoms with Crippen molar-refractivity contribution < 1.29 is 17.9 Å². The third-order valence-electron chi connectivity index (χ3n) is 3.26. The van der Waals surface area contributed by atoms with Crippen LogP contribution in [0.15, 0.2) is 0 Å². The third-order valence-corrected chi connectivity index (χ3v) is 4.28. The third kappa shape index (κ3) is 5.81. The van der Waals surface area contributed by atoms with Crippen LogP contribution in [0.4, 0.5) is 0 Å². The van der Waals surface area contributed by atoms with E-state index in [4.69, 9.17) is 14.6 Å². The number of ether oxygens (including phenoxy) is 2. The van der Waals surface area contributed by atoms with E-state index in [9.17, 15) is 8.42 Å². The molecule has 0 aromatic heterocycles. The summed E-state index contributed by atoms with van der Waals surface area (Å²) in [4.78, 5) is 0. The highest BCUT2D eigenvalue weighted by molar-refractivity contribution is 7.89. The summed E-state index contributed by atoms with van der Waals surface area (Å²) in [6, 6.07) is 0. The summed E-state index contributed by atoms with van der Waals surface area (Å²) in [5.41, 5.74) is -0.278. The Morgan fingerprint density at radius 2 is 1.82 bits per heavy atom. The molecule has 0 heterocycles. The van der Waals surface area contributed by atoms with Crippen molar-refractivity contribution in [2.45, 2.75) is 32.1 Å². The Labute approximate surface area is 104 Å². The van der Waals surface area contributed by atoms with Gasteiger partial charge in [0.1, 0.15) is 0 Å². The Morgan fingerprint density at radius 1 is 1.18 bits per heavy atom. The van der Waals surface area contributed by atoms with Crippen LogP contribution in [-0.2, 0) is 19.5 Å². The van der Waals surface area contributed by atoms with Gasteiger partial charge in [0.15, 0.2) is 0 Å². The smallest absolute Gasteiger partial charge is 0.209 e. The Bertz CT molecular complexity index is 309. The van der Waals surface area contributed by atoms with Gasteiger partial charge < -0.3 is 9.47 Å². The van der Waals surface area contributed by atoms with E-state index < -0.39 is 10.0 Å². The fourth-order valence-electron chi connectivity index (χ4n) is 2.49. The van der Waals surface area contributed by atoms with Gasteiger partial charge in [-0.15, -0.1) is 0 Å². The maximum absolute atomic E-state index is 11.3. The SMILES string of the molecule is COCCOCC1(CS(N)(=O)=O)CCCCC1. The Balaban J connectivity index is 2.52. The molecule has 5 nitrogen and oxygen atoms in total. The number of methoxy groups -OCH3 is 1. The summed E-state index contributed by atoms with van der Waals surface area (Å²) in [5, 5.41) is 5.17. The summed E-state index contributed by atoms with van der Waals surface area (Å²) in [6.45, 7) is 1.50. The molecule has 0 atom stereocenters. The lowest BCUT2D eigenvalue weighted by Gasteiger charge is -2.36. The van der Waals surface area contributed by atoms with Gasteiger partial charge in [-0.2, -0.15) is 0 Å². The van der Waals surface area contributed by atoms with Crippen LogP contribution in [0.5, 0.6) is 0 Å². The number of hydrogen-bond acceptors (Lipinski definition) is 4. The van der Waals surface area contributed by atoms with Crippen LogP contribution < -0.4 is 5.14 Å². The van der Waals surface area contributed by atoms with Gasteiger partial charge in [0.2, 0.25) is 10.0 Å². The highest BCUT2D eigenvalue weighted by Crippen LogP contribution is 2.37. The molecular weight excluding hydrogens is 242 g/mol. The van der Waals surface area contributed by atoms with E-state index in [1.807, 2.05) is 0 Å². The van der Waals surface area contributed by atoms with Gasteiger partial charge in [0, 0.05) is 12.5 Å². The van der Waals surface area contributed by atoms with Gasteiger partial charge in [-0.25, -0.2) is 13.6 Å². The van der Waals surface area contributed by atoms with E-state index in [0.717, 1.165) is 25.7 Å². The Kier molecular flexibility index (Phi) is 5.85. The lowest BCUT2D eigenvalue weighted by Crippen LogP contribution is -2.39. The normalized spacial score (nSPS) is 20.4. The molecule has 1 aliphatic rings. The van der Waals surface area contributed by atoms with Gasteiger partial charge in [0.05, 0.1) is 25.6 Å². The van der Waals surface area contributed by atoms with E-state index in [1.54, 1.807) is 7.11 Å². The minimum Gasteiger partial charge on any atom is -0.382 e. The predicted molar refractivity (Wildman–Crippen MR) is 66.2 cm³/mol. The molecule has 1 aliphatic carbocycles. The lowest BCUT2D eigenvalue weighted by atomic mass is 9.76. The quantitative estimate of drug-likeness (QED) is 0.693. The van der Waals surface area contributed by atoms with Gasteiger partial charge >= 0.3 is 0 Å². The first kappa shape index (κ1) is 14.9. The summed E-state index contributed by atoms with van der Waals surface area (Å²) >= 11 is 0. The monoisotopic (exact) mass is 265 g/mol.